The minimum absolute atomic E-state index is 0.104. The zero-order chi connectivity index (χ0) is 68.8. The Morgan fingerprint density at radius 3 is 0.632 bits per heavy atom. The molecule has 0 aromatic heterocycles. The first kappa shape index (κ1) is 91.0. The Bertz CT molecular complexity index is 1160. The van der Waals surface area contributed by atoms with E-state index >= 15 is 0 Å². The molecule has 0 heterocycles. The van der Waals surface area contributed by atoms with Crippen molar-refractivity contribution >= 4 is 0 Å². The third kappa shape index (κ3) is 112. The van der Waals surface area contributed by atoms with Gasteiger partial charge in [0.05, 0.1) is 11.3 Å². The van der Waals surface area contributed by atoms with Crippen LogP contribution in [-0.2, 0) is 0 Å². The maximum Gasteiger partial charge on any atom is 0.402 e. The molecule has 0 aliphatic rings. The number of hydrogen-bond acceptors (Lipinski definition) is 0. The molecular weight excluding hydrogens is 1060 g/mol. The zero-order valence-corrected chi connectivity index (χ0v) is 51.7. The van der Waals surface area contributed by atoms with Gasteiger partial charge in [0.2, 0.25) is 0 Å². The van der Waals surface area contributed by atoms with Crippen molar-refractivity contribution in [2.24, 2.45) is 46.3 Å². The van der Waals surface area contributed by atoms with Gasteiger partial charge in [0.25, 0.3) is 0 Å². The zero-order valence-electron chi connectivity index (χ0n) is 55.7. The van der Waals surface area contributed by atoms with Gasteiger partial charge in [0.15, 0.2) is 5.41 Å². The van der Waals surface area contributed by atoms with Crippen molar-refractivity contribution in [2.45, 2.75) is 314 Å². The predicted octanol–water partition coefficient (Wildman–Crippen LogP) is 27.1. The van der Waals surface area contributed by atoms with Crippen LogP contribution in [0.1, 0.15) is 276 Å². The van der Waals surface area contributed by atoms with Crippen LogP contribution in [0.15, 0.2) is 0 Å². The Kier molecular flexibility index (Phi) is 66.4. The van der Waals surface area contributed by atoms with Gasteiger partial charge in [0, 0.05) is 23.7 Å². The van der Waals surface area contributed by atoms with Gasteiger partial charge in [0.1, 0.15) is 0 Å². The van der Waals surface area contributed by atoms with E-state index < -0.39 is 84.6 Å². The smallest absolute Gasteiger partial charge is 0.171 e. The fraction of sp³-hybridized carbons (Fsp3) is 1.00. The van der Waals surface area contributed by atoms with E-state index in [1.54, 1.807) is 6.92 Å². The SMILES string of the molecule is CC(C)(C(F)(F)F)C(F)(F)F.CC(C)(C)C(F)(F)F.CC(C)C.CC(C)C(F)(F)F.CCC(C)C.CCC(C)C(F)(F)F.CCCC.CCCCC.CCCCCC(F)(F)F.[2H]C(C)(C)C.[2H]C(C)(C)C(F)(F)F.[2H]C([2H])(C)CC. The van der Waals surface area contributed by atoms with Crippen molar-refractivity contribution in [3.8, 4) is 0 Å². The maximum atomic E-state index is 11.6. The first-order valence-corrected chi connectivity index (χ1v) is 25.8. The quantitative estimate of drug-likeness (QED) is 0.159. The van der Waals surface area contributed by atoms with Crippen LogP contribution in [0.25, 0.3) is 0 Å². The number of halogens is 21. The summed E-state index contributed by atoms with van der Waals surface area (Å²) in [6.45, 7) is 43.0. The average molecular weight is 1180 g/mol. The van der Waals surface area contributed by atoms with Gasteiger partial charge in [-0.3, -0.25) is 0 Å². The Hall–Kier alpha value is -1.47. The lowest BCUT2D eigenvalue weighted by molar-refractivity contribution is -0.327. The van der Waals surface area contributed by atoms with Crippen molar-refractivity contribution in [1.29, 1.82) is 0 Å². The molecule has 0 rings (SSSR count). The summed E-state index contributed by atoms with van der Waals surface area (Å²) in [6.07, 6.45) is -21.9. The molecule has 0 aromatic rings. The van der Waals surface area contributed by atoms with Gasteiger partial charge in [-0.05, 0) is 44.4 Å². The van der Waals surface area contributed by atoms with Crippen LogP contribution in [0.3, 0.4) is 0 Å². The van der Waals surface area contributed by atoms with Crippen LogP contribution in [0, 0.1) is 46.3 Å². The molecule has 0 bridgehead atoms. The highest BCUT2D eigenvalue weighted by Gasteiger charge is 2.64. The molecule has 0 aliphatic heterocycles. The van der Waals surface area contributed by atoms with Gasteiger partial charge < -0.3 is 0 Å². The van der Waals surface area contributed by atoms with Crippen LogP contribution in [0.5, 0.6) is 0 Å². The van der Waals surface area contributed by atoms with Crippen molar-refractivity contribution in [1.82, 2.24) is 0 Å². The van der Waals surface area contributed by atoms with Crippen molar-refractivity contribution in [3.63, 3.8) is 0 Å². The van der Waals surface area contributed by atoms with Gasteiger partial charge in [-0.1, -0.05) is 237 Å². The number of unbranched alkanes of at least 4 members (excludes halogenated alkanes) is 5. The Labute approximate surface area is 457 Å². The molecule has 480 valence electrons. The normalized spacial score (nSPS) is 13.4. The average Bonchev–Trinajstić information content (AvgIpc) is 3.18. The summed E-state index contributed by atoms with van der Waals surface area (Å²) in [5.41, 5.74) is -5.19. The Morgan fingerprint density at radius 2 is 0.592 bits per heavy atom. The molecule has 21 heteroatoms. The Morgan fingerprint density at radius 1 is 0.368 bits per heavy atom. The summed E-state index contributed by atoms with van der Waals surface area (Å²) in [5, 5.41) is 0. The molecule has 0 fully saturated rings. The van der Waals surface area contributed by atoms with E-state index in [-0.39, 0.29) is 32.6 Å². The summed E-state index contributed by atoms with van der Waals surface area (Å²) < 4.78 is 268. The lowest BCUT2D eigenvalue weighted by atomic mass is 9.92. The molecule has 0 aromatic carbocycles. The van der Waals surface area contributed by atoms with Gasteiger partial charge in [-0.2, -0.15) is 92.2 Å². The third-order valence-electron chi connectivity index (χ3n) is 8.10. The standard InChI is InChI=1S/C6H11F3.C5H6F6.2C5H9F3.2C5H12.2C4H7F3.4C4H10/c1-2-3-4-5-6(7,8)9;1-3(2,4(6,7)8)5(9,10)11;1-4(2,3)5(6,7)8;1-3-4(2)5(6,7)8;1-4-5(2)3;1-3-5-4-2;2*1-3(2)4(5,6)7;2*1-4(2)3;2*1-3-4-2/h2-5H2,1H3;1-2H3;1-3H3;4H,3H2,1-2H3;5H,4H2,1-3H3;3-5H2,1-2H3;2*3H,1-2H3;2*4H,1-3H3;2*3-4H2,1-2H3/i;;;;;;3D;;4D;;3D2;. The van der Waals surface area contributed by atoms with E-state index in [9.17, 15) is 92.2 Å². The first-order chi connectivity index (χ1) is 34.4. The number of alkyl halides is 21. The highest BCUT2D eigenvalue weighted by Crippen LogP contribution is 2.49. The van der Waals surface area contributed by atoms with Crippen molar-refractivity contribution in [2.75, 3.05) is 0 Å². The molecule has 76 heavy (non-hydrogen) atoms. The van der Waals surface area contributed by atoms with E-state index in [0.717, 1.165) is 66.7 Å². The van der Waals surface area contributed by atoms with E-state index in [1.165, 1.54) is 52.4 Å². The van der Waals surface area contributed by atoms with Crippen LogP contribution in [0.4, 0.5) is 92.2 Å². The molecule has 0 aliphatic carbocycles. The first-order valence-electron chi connectivity index (χ1n) is 27.8. The molecule has 0 radical (unpaired) electrons. The van der Waals surface area contributed by atoms with Crippen LogP contribution in [0.2, 0.25) is 0 Å². The second-order valence-electron chi connectivity index (χ2n) is 20.6. The molecule has 0 nitrogen and oxygen atoms in total. The monoisotopic (exact) mass is 1180 g/mol. The second-order valence-corrected chi connectivity index (χ2v) is 20.6. The number of hydrogen-bond donors (Lipinski definition) is 0. The van der Waals surface area contributed by atoms with Crippen LogP contribution in [-0.4, -0.2) is 43.2 Å². The molecule has 0 N–H and O–H groups in total. The fourth-order valence-electron chi connectivity index (χ4n) is 1.32. The van der Waals surface area contributed by atoms with Gasteiger partial charge in [-0.25, -0.2) is 0 Å². The van der Waals surface area contributed by atoms with Crippen LogP contribution < -0.4 is 0 Å². The highest BCUT2D eigenvalue weighted by molar-refractivity contribution is 4.84. The van der Waals surface area contributed by atoms with E-state index in [4.69, 9.17) is 5.48 Å². The van der Waals surface area contributed by atoms with Crippen LogP contribution >= 0.6 is 0 Å². The molecule has 0 amide bonds. The van der Waals surface area contributed by atoms with Crippen molar-refractivity contribution < 1.29 is 97.7 Å². The largest absolute Gasteiger partial charge is 0.402 e. The predicted molar refractivity (Wildman–Crippen MR) is 281 cm³/mol. The molecule has 0 spiro atoms. The van der Waals surface area contributed by atoms with E-state index in [0.29, 0.717) is 12.8 Å². The second kappa shape index (κ2) is 55.4. The van der Waals surface area contributed by atoms with Crippen molar-refractivity contribution in [3.05, 3.63) is 0 Å². The van der Waals surface area contributed by atoms with Gasteiger partial charge in [-0.15, -0.1) is 0 Å². The molecule has 1 unspecified atom stereocenters. The molecular formula is C55H113F21. The minimum atomic E-state index is -5.24. The van der Waals surface area contributed by atoms with E-state index in [2.05, 4.69) is 69.2 Å². The molecule has 0 saturated heterocycles. The summed E-state index contributed by atoms with van der Waals surface area (Å²) >= 11 is 0. The maximum absolute atomic E-state index is 11.6. The van der Waals surface area contributed by atoms with Gasteiger partial charge >= 0.3 is 43.2 Å². The molecule has 0 saturated carbocycles. The lowest BCUT2D eigenvalue weighted by Crippen LogP contribution is -2.44. The summed E-state index contributed by atoms with van der Waals surface area (Å²) in [7, 11) is 0. The summed E-state index contributed by atoms with van der Waals surface area (Å²) in [6, 6.07) is 0. The topological polar surface area (TPSA) is 0 Å². The summed E-state index contributed by atoms with van der Waals surface area (Å²) in [4.78, 5) is 0. The number of rotatable bonds is 9. The molecule has 1 atom stereocenters. The Balaban J connectivity index is -0.0000000638. The highest BCUT2D eigenvalue weighted by atomic mass is 19.4. The summed E-state index contributed by atoms with van der Waals surface area (Å²) in [5.74, 6) is -3.20. The lowest BCUT2D eigenvalue weighted by Gasteiger charge is -2.29. The minimum Gasteiger partial charge on any atom is -0.171 e. The van der Waals surface area contributed by atoms with E-state index in [1.807, 2.05) is 34.6 Å². The third-order valence-corrected chi connectivity index (χ3v) is 8.10. The fourth-order valence-corrected chi connectivity index (χ4v) is 1.32.